The maximum Gasteiger partial charge on any atom is 0.264 e. The van der Waals surface area contributed by atoms with Crippen LogP contribution in [0, 0.1) is 22.7 Å². The predicted molar refractivity (Wildman–Crippen MR) is 69.0 cm³/mol. The first-order valence-electron chi connectivity index (χ1n) is 5.32. The summed E-state index contributed by atoms with van der Waals surface area (Å²) in [5, 5.41) is 17.8. The zero-order valence-electron chi connectivity index (χ0n) is 10.1. The molecule has 106 valence electrons. The molecule has 7 nitrogen and oxygen atoms in total. The highest BCUT2D eigenvalue weighted by atomic mass is 32.2. The molecule has 20 heavy (non-hydrogen) atoms. The summed E-state index contributed by atoms with van der Waals surface area (Å²) < 4.78 is 53.7. The van der Waals surface area contributed by atoms with Gasteiger partial charge in [-0.2, -0.15) is 18.9 Å². The Balaban J connectivity index is 3.12. The molecule has 1 rings (SSSR count). The molecule has 0 radical (unpaired) electrons. The van der Waals surface area contributed by atoms with Crippen LogP contribution in [-0.4, -0.2) is 32.9 Å². The number of sulfone groups is 1. The Hall–Kier alpha value is -1.94. The van der Waals surface area contributed by atoms with E-state index in [0.717, 1.165) is 0 Å². The summed E-state index contributed by atoms with van der Waals surface area (Å²) in [5.74, 6) is -1.23. The van der Waals surface area contributed by atoms with E-state index in [1.807, 2.05) is 0 Å². The molecule has 0 aliphatic rings. The second kappa shape index (κ2) is 6.01. The van der Waals surface area contributed by atoms with Crippen LogP contribution in [0.4, 0.5) is 0 Å². The van der Waals surface area contributed by atoms with Gasteiger partial charge in [0.1, 0.15) is 12.1 Å². The van der Waals surface area contributed by atoms with E-state index in [1.54, 1.807) is 12.1 Å². The Morgan fingerprint density at radius 1 is 1.05 bits per heavy atom. The van der Waals surface area contributed by atoms with E-state index in [0.29, 0.717) is 0 Å². The average molecular weight is 314 g/mol. The number of nitriles is 2. The molecule has 1 aromatic carbocycles. The Morgan fingerprint density at radius 2 is 1.70 bits per heavy atom. The van der Waals surface area contributed by atoms with Gasteiger partial charge < -0.3 is 0 Å². The van der Waals surface area contributed by atoms with Crippen LogP contribution in [0.25, 0.3) is 0 Å². The maximum absolute atomic E-state index is 12.0. The number of nitrogens with zero attached hydrogens (tertiary/aromatic N) is 2. The van der Waals surface area contributed by atoms with Crippen LogP contribution in [0.1, 0.15) is 17.5 Å². The third-order valence-corrected chi connectivity index (χ3v) is 5.05. The van der Waals surface area contributed by atoms with Crippen LogP contribution < -0.4 is 0 Å². The third kappa shape index (κ3) is 4.03. The molecular weight excluding hydrogens is 304 g/mol. The van der Waals surface area contributed by atoms with Crippen molar-refractivity contribution in [2.24, 2.45) is 0 Å². The molecule has 0 aliphatic heterocycles. The van der Waals surface area contributed by atoms with Gasteiger partial charge in [0.15, 0.2) is 9.84 Å². The van der Waals surface area contributed by atoms with Gasteiger partial charge in [0.2, 0.25) is 0 Å². The number of hydrogen-bond donors (Lipinski definition) is 1. The van der Waals surface area contributed by atoms with Crippen molar-refractivity contribution in [3.8, 4) is 12.1 Å². The summed E-state index contributed by atoms with van der Waals surface area (Å²) in [6, 6.07) is 7.20. The quantitative estimate of drug-likeness (QED) is 0.780. The number of rotatable bonds is 5. The predicted octanol–water partition coefficient (Wildman–Crippen LogP) is 0.482. The van der Waals surface area contributed by atoms with E-state index in [1.165, 1.54) is 18.2 Å². The minimum absolute atomic E-state index is 0.0663. The zero-order chi connectivity index (χ0) is 15.4. The van der Waals surface area contributed by atoms with Gasteiger partial charge >= 0.3 is 0 Å². The Bertz CT molecular complexity index is 798. The molecule has 9 heteroatoms. The molecule has 1 N–H and O–H groups in total. The van der Waals surface area contributed by atoms with Crippen molar-refractivity contribution in [1.82, 2.24) is 0 Å². The van der Waals surface area contributed by atoms with E-state index in [-0.39, 0.29) is 22.4 Å². The second-order valence-electron chi connectivity index (χ2n) is 3.86. The van der Waals surface area contributed by atoms with Gasteiger partial charge in [-0.25, -0.2) is 8.42 Å². The van der Waals surface area contributed by atoms with E-state index >= 15 is 0 Å². The van der Waals surface area contributed by atoms with Crippen LogP contribution in [0.5, 0.6) is 0 Å². The minimum Gasteiger partial charge on any atom is -0.286 e. The summed E-state index contributed by atoms with van der Waals surface area (Å²) >= 11 is 0. The Labute approximate surface area is 116 Å². The van der Waals surface area contributed by atoms with Crippen molar-refractivity contribution in [2.75, 3.05) is 11.5 Å². The van der Waals surface area contributed by atoms with Gasteiger partial charge in [0.05, 0.1) is 27.5 Å². The first-order chi connectivity index (χ1) is 9.21. The van der Waals surface area contributed by atoms with E-state index in [2.05, 4.69) is 0 Å². The highest BCUT2D eigenvalue weighted by Gasteiger charge is 2.21. The lowest BCUT2D eigenvalue weighted by Crippen LogP contribution is -2.13. The Kier molecular flexibility index (Phi) is 4.84. The monoisotopic (exact) mass is 314 g/mol. The largest absolute Gasteiger partial charge is 0.286 e. The number of benzene rings is 1. The first kappa shape index (κ1) is 16.1. The lowest BCUT2D eigenvalue weighted by Gasteiger charge is -2.06. The van der Waals surface area contributed by atoms with Crippen molar-refractivity contribution in [2.45, 2.75) is 11.3 Å². The van der Waals surface area contributed by atoms with Crippen molar-refractivity contribution in [3.63, 3.8) is 0 Å². The molecule has 0 heterocycles. The fourth-order valence-corrected chi connectivity index (χ4v) is 3.73. The van der Waals surface area contributed by atoms with Gasteiger partial charge in [0.25, 0.3) is 10.1 Å². The van der Waals surface area contributed by atoms with E-state index < -0.39 is 31.5 Å². The van der Waals surface area contributed by atoms with Gasteiger partial charge in [-0.05, 0) is 18.6 Å². The first-order valence-corrected chi connectivity index (χ1v) is 8.58. The summed E-state index contributed by atoms with van der Waals surface area (Å²) in [5.41, 5.74) is -0.329. The normalized spacial score (nSPS) is 11.6. The van der Waals surface area contributed by atoms with Crippen LogP contribution in [0.3, 0.4) is 0 Å². The van der Waals surface area contributed by atoms with E-state index in [9.17, 15) is 16.8 Å². The lowest BCUT2D eigenvalue weighted by atomic mass is 10.1. The fraction of sp³-hybridized carbons (Fsp3) is 0.273. The molecule has 0 amide bonds. The molecule has 0 aliphatic carbocycles. The van der Waals surface area contributed by atoms with E-state index in [4.69, 9.17) is 15.1 Å². The van der Waals surface area contributed by atoms with Gasteiger partial charge in [-0.3, -0.25) is 4.55 Å². The minimum atomic E-state index is -4.24. The highest BCUT2D eigenvalue weighted by Crippen LogP contribution is 2.20. The molecule has 0 saturated carbocycles. The molecule has 0 atom stereocenters. The van der Waals surface area contributed by atoms with Gasteiger partial charge in [-0.1, -0.05) is 6.07 Å². The van der Waals surface area contributed by atoms with Crippen molar-refractivity contribution in [3.05, 3.63) is 29.3 Å². The van der Waals surface area contributed by atoms with Gasteiger partial charge in [-0.15, -0.1) is 0 Å². The molecule has 0 unspecified atom stereocenters. The van der Waals surface area contributed by atoms with Crippen molar-refractivity contribution >= 4 is 20.0 Å². The van der Waals surface area contributed by atoms with Gasteiger partial charge in [0, 0.05) is 0 Å². The average Bonchev–Trinajstić information content (AvgIpc) is 2.35. The maximum atomic E-state index is 12.0. The highest BCUT2D eigenvalue weighted by molar-refractivity contribution is 7.91. The summed E-state index contributed by atoms with van der Waals surface area (Å²) in [7, 11) is -8.15. The molecular formula is C11H10N2O5S2. The van der Waals surface area contributed by atoms with Crippen LogP contribution in [0.15, 0.2) is 23.1 Å². The van der Waals surface area contributed by atoms with Crippen molar-refractivity contribution < 1.29 is 21.4 Å². The smallest absolute Gasteiger partial charge is 0.264 e. The zero-order valence-corrected chi connectivity index (χ0v) is 11.8. The van der Waals surface area contributed by atoms with Crippen LogP contribution >= 0.6 is 0 Å². The summed E-state index contributed by atoms with van der Waals surface area (Å²) in [6.07, 6.45) is -0.303. The molecule has 1 aromatic rings. The fourth-order valence-electron chi connectivity index (χ4n) is 1.54. The van der Waals surface area contributed by atoms with Crippen molar-refractivity contribution in [1.29, 1.82) is 10.5 Å². The molecule has 0 saturated heterocycles. The number of hydrogen-bond acceptors (Lipinski definition) is 6. The molecule has 0 fully saturated rings. The Morgan fingerprint density at radius 3 is 2.20 bits per heavy atom. The second-order valence-corrected chi connectivity index (χ2v) is 7.51. The topological polar surface area (TPSA) is 136 Å². The van der Waals surface area contributed by atoms with Crippen LogP contribution in [0.2, 0.25) is 0 Å². The summed E-state index contributed by atoms with van der Waals surface area (Å²) in [6.45, 7) is 0. The summed E-state index contributed by atoms with van der Waals surface area (Å²) in [4.78, 5) is -0.311. The molecule has 0 aromatic heterocycles. The lowest BCUT2D eigenvalue weighted by molar-refractivity contribution is 0.482. The molecule has 0 bridgehead atoms. The molecule has 0 spiro atoms. The standard InChI is InChI=1S/C11H10N2O5S2/c12-7-9-3-1-4-11(10(9)8-13)19(14,15)5-2-6-20(16,17)18/h1,3-4H,2,5-6H2,(H,16,17,18). The third-order valence-electron chi connectivity index (χ3n) is 2.41. The SMILES string of the molecule is N#Cc1cccc(S(=O)(=O)CCCS(=O)(=O)O)c1C#N. The van der Waals surface area contributed by atoms with Crippen LogP contribution in [-0.2, 0) is 20.0 Å².